The highest BCUT2D eigenvalue weighted by atomic mass is 35.5. The van der Waals surface area contributed by atoms with Gasteiger partial charge < -0.3 is 10.6 Å². The fraction of sp³-hybridized carbons (Fsp3) is 0.538. The molecule has 17 heavy (non-hydrogen) atoms. The predicted octanol–water partition coefficient (Wildman–Crippen LogP) is 3.47. The summed E-state index contributed by atoms with van der Waals surface area (Å²) in [5, 5.41) is 8.15. The summed E-state index contributed by atoms with van der Waals surface area (Å²) >= 11 is 11.9. The molecular formula is C13H20Cl2N2. The number of halogens is 2. The molecule has 4 heteroatoms. The molecule has 1 aromatic rings. The Morgan fingerprint density at radius 1 is 1.12 bits per heavy atom. The lowest BCUT2D eigenvalue weighted by Crippen LogP contribution is -2.40. The summed E-state index contributed by atoms with van der Waals surface area (Å²) in [6.07, 6.45) is 0. The zero-order valence-corrected chi connectivity index (χ0v) is 12.1. The van der Waals surface area contributed by atoms with Crippen molar-refractivity contribution in [3.8, 4) is 0 Å². The first kappa shape index (κ1) is 14.8. The molecule has 0 saturated carbocycles. The van der Waals surface area contributed by atoms with Crippen molar-refractivity contribution in [2.45, 2.75) is 32.9 Å². The van der Waals surface area contributed by atoms with E-state index in [9.17, 15) is 0 Å². The average Bonchev–Trinajstić information content (AvgIpc) is 2.18. The first-order valence-electron chi connectivity index (χ1n) is 5.78. The van der Waals surface area contributed by atoms with E-state index >= 15 is 0 Å². The second-order valence-corrected chi connectivity index (χ2v) is 5.93. The molecule has 0 radical (unpaired) electrons. The molecule has 0 bridgehead atoms. The van der Waals surface area contributed by atoms with Crippen LogP contribution in [0.25, 0.3) is 0 Å². The SMILES string of the molecule is CC(C)(C)NCCNCc1ccc(Cl)cc1Cl. The Kier molecular flexibility index (Phi) is 5.74. The number of nitrogens with one attached hydrogen (secondary N) is 2. The lowest BCUT2D eigenvalue weighted by molar-refractivity contribution is 0.421. The van der Waals surface area contributed by atoms with Crippen LogP contribution in [0, 0.1) is 0 Å². The summed E-state index contributed by atoms with van der Waals surface area (Å²) < 4.78 is 0. The van der Waals surface area contributed by atoms with E-state index in [2.05, 4.69) is 31.4 Å². The number of rotatable bonds is 5. The van der Waals surface area contributed by atoms with Crippen LogP contribution in [0.2, 0.25) is 10.0 Å². The first-order chi connectivity index (χ1) is 7.88. The van der Waals surface area contributed by atoms with E-state index in [-0.39, 0.29) is 5.54 Å². The standard InChI is InChI=1S/C13H20Cl2N2/c1-13(2,3)17-7-6-16-9-10-4-5-11(14)8-12(10)15/h4-5,8,16-17H,6-7,9H2,1-3H3. The predicted molar refractivity (Wildman–Crippen MR) is 75.9 cm³/mol. The molecule has 0 aliphatic rings. The summed E-state index contributed by atoms with van der Waals surface area (Å²) in [4.78, 5) is 0. The Morgan fingerprint density at radius 2 is 1.82 bits per heavy atom. The van der Waals surface area contributed by atoms with E-state index in [0.29, 0.717) is 10.0 Å². The molecule has 0 aliphatic carbocycles. The number of hydrogen-bond acceptors (Lipinski definition) is 2. The van der Waals surface area contributed by atoms with Gasteiger partial charge in [0.05, 0.1) is 0 Å². The van der Waals surface area contributed by atoms with Gasteiger partial charge in [-0.15, -0.1) is 0 Å². The van der Waals surface area contributed by atoms with Crippen LogP contribution in [0.4, 0.5) is 0 Å². The highest BCUT2D eigenvalue weighted by Crippen LogP contribution is 2.20. The normalized spacial score (nSPS) is 11.8. The van der Waals surface area contributed by atoms with Gasteiger partial charge in [0.1, 0.15) is 0 Å². The minimum atomic E-state index is 0.166. The molecule has 0 atom stereocenters. The van der Waals surface area contributed by atoms with Crippen LogP contribution in [-0.2, 0) is 6.54 Å². The van der Waals surface area contributed by atoms with Crippen molar-refractivity contribution in [2.24, 2.45) is 0 Å². The van der Waals surface area contributed by atoms with E-state index in [1.165, 1.54) is 0 Å². The average molecular weight is 275 g/mol. The van der Waals surface area contributed by atoms with Crippen LogP contribution in [0.15, 0.2) is 18.2 Å². The number of benzene rings is 1. The van der Waals surface area contributed by atoms with Gasteiger partial charge in [-0.3, -0.25) is 0 Å². The fourth-order valence-corrected chi connectivity index (χ4v) is 1.89. The molecule has 1 aromatic carbocycles. The summed E-state index contributed by atoms with van der Waals surface area (Å²) in [7, 11) is 0. The van der Waals surface area contributed by atoms with Gasteiger partial charge in [0.15, 0.2) is 0 Å². The van der Waals surface area contributed by atoms with Crippen LogP contribution in [-0.4, -0.2) is 18.6 Å². The second-order valence-electron chi connectivity index (χ2n) is 5.09. The number of hydrogen-bond donors (Lipinski definition) is 2. The maximum atomic E-state index is 6.07. The van der Waals surface area contributed by atoms with Gasteiger partial charge in [-0.05, 0) is 38.5 Å². The lowest BCUT2D eigenvalue weighted by Gasteiger charge is -2.20. The molecule has 0 saturated heterocycles. The Labute approximate surface area is 114 Å². The highest BCUT2D eigenvalue weighted by Gasteiger charge is 2.07. The summed E-state index contributed by atoms with van der Waals surface area (Å²) in [5.41, 5.74) is 1.24. The van der Waals surface area contributed by atoms with Crippen LogP contribution in [0.1, 0.15) is 26.3 Å². The van der Waals surface area contributed by atoms with Crippen LogP contribution in [0.3, 0.4) is 0 Å². The van der Waals surface area contributed by atoms with Gasteiger partial charge in [0.2, 0.25) is 0 Å². The van der Waals surface area contributed by atoms with Crippen molar-refractivity contribution in [2.75, 3.05) is 13.1 Å². The molecule has 2 nitrogen and oxygen atoms in total. The van der Waals surface area contributed by atoms with Crippen molar-refractivity contribution in [1.82, 2.24) is 10.6 Å². The maximum absolute atomic E-state index is 6.07. The highest BCUT2D eigenvalue weighted by molar-refractivity contribution is 6.35. The zero-order chi connectivity index (χ0) is 12.9. The van der Waals surface area contributed by atoms with Crippen molar-refractivity contribution in [3.63, 3.8) is 0 Å². The zero-order valence-electron chi connectivity index (χ0n) is 10.6. The van der Waals surface area contributed by atoms with Crippen LogP contribution < -0.4 is 10.6 Å². The summed E-state index contributed by atoms with van der Waals surface area (Å²) in [6.45, 7) is 9.09. The van der Waals surface area contributed by atoms with Gasteiger partial charge in [-0.2, -0.15) is 0 Å². The molecule has 0 unspecified atom stereocenters. The molecule has 96 valence electrons. The Bertz CT molecular complexity index is 359. The van der Waals surface area contributed by atoms with E-state index in [1.807, 2.05) is 12.1 Å². The molecule has 0 aromatic heterocycles. The van der Waals surface area contributed by atoms with Crippen molar-refractivity contribution >= 4 is 23.2 Å². The quantitative estimate of drug-likeness (QED) is 0.804. The maximum Gasteiger partial charge on any atom is 0.0465 e. The van der Waals surface area contributed by atoms with Gasteiger partial charge in [-0.1, -0.05) is 29.3 Å². The minimum absolute atomic E-state index is 0.166. The Hall–Kier alpha value is -0.280. The van der Waals surface area contributed by atoms with Gasteiger partial charge >= 0.3 is 0 Å². The first-order valence-corrected chi connectivity index (χ1v) is 6.54. The largest absolute Gasteiger partial charge is 0.311 e. The Balaban J connectivity index is 2.27. The van der Waals surface area contributed by atoms with E-state index < -0.39 is 0 Å². The van der Waals surface area contributed by atoms with Crippen molar-refractivity contribution in [3.05, 3.63) is 33.8 Å². The molecule has 0 heterocycles. The molecular weight excluding hydrogens is 255 g/mol. The Morgan fingerprint density at radius 3 is 2.41 bits per heavy atom. The van der Waals surface area contributed by atoms with Gasteiger partial charge in [0, 0.05) is 35.2 Å². The van der Waals surface area contributed by atoms with Gasteiger partial charge in [0.25, 0.3) is 0 Å². The lowest BCUT2D eigenvalue weighted by atomic mass is 10.1. The third kappa shape index (κ3) is 6.27. The van der Waals surface area contributed by atoms with Crippen LogP contribution >= 0.6 is 23.2 Å². The monoisotopic (exact) mass is 274 g/mol. The molecule has 0 spiro atoms. The topological polar surface area (TPSA) is 24.1 Å². The molecule has 0 fully saturated rings. The molecule has 1 rings (SSSR count). The molecule has 0 amide bonds. The third-order valence-corrected chi connectivity index (χ3v) is 2.87. The van der Waals surface area contributed by atoms with Crippen molar-refractivity contribution in [1.29, 1.82) is 0 Å². The van der Waals surface area contributed by atoms with E-state index in [4.69, 9.17) is 23.2 Å². The van der Waals surface area contributed by atoms with Crippen LogP contribution in [0.5, 0.6) is 0 Å². The van der Waals surface area contributed by atoms with Gasteiger partial charge in [-0.25, -0.2) is 0 Å². The molecule has 0 aliphatic heterocycles. The summed E-state index contributed by atoms with van der Waals surface area (Å²) in [6, 6.07) is 5.58. The summed E-state index contributed by atoms with van der Waals surface area (Å²) in [5.74, 6) is 0. The van der Waals surface area contributed by atoms with Crippen molar-refractivity contribution < 1.29 is 0 Å². The smallest absolute Gasteiger partial charge is 0.0465 e. The molecule has 2 N–H and O–H groups in total. The fourth-order valence-electron chi connectivity index (χ4n) is 1.41. The second kappa shape index (κ2) is 6.60. The van der Waals surface area contributed by atoms with E-state index in [1.54, 1.807) is 6.07 Å². The third-order valence-electron chi connectivity index (χ3n) is 2.29. The minimum Gasteiger partial charge on any atom is -0.311 e. The van der Waals surface area contributed by atoms with E-state index in [0.717, 1.165) is 25.2 Å².